The van der Waals surface area contributed by atoms with Crippen molar-refractivity contribution >= 4 is 0 Å². The Morgan fingerprint density at radius 2 is 1.70 bits per heavy atom. The molecule has 9 atom stereocenters. The molecule has 0 aliphatic heterocycles. The lowest BCUT2D eigenvalue weighted by molar-refractivity contribution is 0.0133. The standard InChI is InChI=1S/C28H46O2/c1-17(2)19(4)26(30)15-18(3)23-9-10-24-22-8-7-20-16-21(29)11-13-27(20,5)25(22)12-14-28(23,24)6/h7-8,17-19,21,23-26,29-30H,9-16H2,1-6H3/t18-,19-,21+,23-,24+,25+,26+,27+,28-/m1/s1. The fourth-order valence-corrected chi connectivity index (χ4v) is 8.16. The van der Waals surface area contributed by atoms with Crippen molar-refractivity contribution in [3.05, 3.63) is 23.3 Å². The molecular formula is C28H46O2. The predicted molar refractivity (Wildman–Crippen MR) is 125 cm³/mol. The van der Waals surface area contributed by atoms with Gasteiger partial charge < -0.3 is 10.2 Å². The number of hydrogen-bond acceptors (Lipinski definition) is 2. The Labute approximate surface area is 185 Å². The quantitative estimate of drug-likeness (QED) is 0.537. The lowest BCUT2D eigenvalue weighted by atomic mass is 9.50. The third-order valence-electron chi connectivity index (χ3n) is 10.6. The third-order valence-corrected chi connectivity index (χ3v) is 10.6. The van der Waals surface area contributed by atoms with Gasteiger partial charge in [-0.1, -0.05) is 64.8 Å². The first-order chi connectivity index (χ1) is 14.1. The lowest BCUT2D eigenvalue weighted by Crippen LogP contribution is -2.46. The number of allylic oxidation sites excluding steroid dienone is 3. The van der Waals surface area contributed by atoms with Crippen LogP contribution in [0.5, 0.6) is 0 Å². The van der Waals surface area contributed by atoms with Crippen LogP contribution in [0.2, 0.25) is 0 Å². The summed E-state index contributed by atoms with van der Waals surface area (Å²) in [6, 6.07) is 0. The molecule has 30 heavy (non-hydrogen) atoms. The van der Waals surface area contributed by atoms with Gasteiger partial charge in [0, 0.05) is 0 Å². The molecule has 4 aliphatic carbocycles. The molecular weight excluding hydrogens is 368 g/mol. The molecule has 0 heterocycles. The number of fused-ring (bicyclic) bond motifs is 5. The average molecular weight is 415 g/mol. The number of rotatable bonds is 5. The molecule has 3 fully saturated rings. The van der Waals surface area contributed by atoms with Crippen LogP contribution in [-0.2, 0) is 0 Å². The van der Waals surface area contributed by atoms with Crippen molar-refractivity contribution in [1.29, 1.82) is 0 Å². The summed E-state index contributed by atoms with van der Waals surface area (Å²) in [7, 11) is 0. The topological polar surface area (TPSA) is 40.5 Å². The van der Waals surface area contributed by atoms with Crippen LogP contribution in [0.1, 0.15) is 92.9 Å². The van der Waals surface area contributed by atoms with E-state index in [0.717, 1.165) is 31.6 Å². The summed E-state index contributed by atoms with van der Waals surface area (Å²) in [5.74, 6) is 3.62. The minimum absolute atomic E-state index is 0.135. The molecule has 3 saturated carbocycles. The Hall–Kier alpha value is -0.600. The first-order valence-electron chi connectivity index (χ1n) is 12.8. The molecule has 2 N–H and O–H groups in total. The first-order valence-corrected chi connectivity index (χ1v) is 12.8. The SMILES string of the molecule is CC(C)[C@@H](C)[C@@H](O)C[C@@H](C)[C@H]1CC[C@H]2C3=CC=C4C[C@@H](O)CC[C@]4(C)[C@H]3CC[C@]12C. The van der Waals surface area contributed by atoms with Crippen molar-refractivity contribution in [3.8, 4) is 0 Å². The lowest BCUT2D eigenvalue weighted by Gasteiger charge is -2.55. The average Bonchev–Trinajstić information content (AvgIpc) is 3.05. The van der Waals surface area contributed by atoms with Crippen LogP contribution >= 0.6 is 0 Å². The van der Waals surface area contributed by atoms with Gasteiger partial charge in [0.2, 0.25) is 0 Å². The van der Waals surface area contributed by atoms with Gasteiger partial charge in [-0.3, -0.25) is 0 Å². The first kappa shape index (κ1) is 22.6. The van der Waals surface area contributed by atoms with E-state index in [9.17, 15) is 10.2 Å². The molecule has 0 saturated heterocycles. The fraction of sp³-hybridized carbons (Fsp3) is 0.857. The maximum Gasteiger partial charge on any atom is 0.0578 e. The Balaban J connectivity index is 1.54. The van der Waals surface area contributed by atoms with E-state index in [1.165, 1.54) is 31.3 Å². The Bertz CT molecular complexity index is 705. The van der Waals surface area contributed by atoms with Crippen LogP contribution in [0.3, 0.4) is 0 Å². The van der Waals surface area contributed by atoms with Gasteiger partial charge in [-0.05, 0) is 97.7 Å². The molecule has 4 aliphatic rings. The molecule has 0 unspecified atom stereocenters. The molecule has 0 radical (unpaired) electrons. The molecule has 0 aromatic carbocycles. The summed E-state index contributed by atoms with van der Waals surface area (Å²) in [5, 5.41) is 21.0. The van der Waals surface area contributed by atoms with Crippen LogP contribution in [-0.4, -0.2) is 22.4 Å². The number of hydrogen-bond donors (Lipinski definition) is 2. The fourth-order valence-electron chi connectivity index (χ4n) is 8.16. The summed E-state index contributed by atoms with van der Waals surface area (Å²) >= 11 is 0. The van der Waals surface area contributed by atoms with E-state index in [4.69, 9.17) is 0 Å². The van der Waals surface area contributed by atoms with Crippen LogP contribution in [0.4, 0.5) is 0 Å². The number of aliphatic hydroxyl groups is 2. The molecule has 0 aromatic heterocycles. The normalized spacial score (nSPS) is 43.8. The minimum atomic E-state index is -0.175. The molecule has 0 spiro atoms. The largest absolute Gasteiger partial charge is 0.393 e. The predicted octanol–water partition coefficient (Wildman–Crippen LogP) is 6.53. The van der Waals surface area contributed by atoms with Gasteiger partial charge in [0.05, 0.1) is 12.2 Å². The van der Waals surface area contributed by atoms with Gasteiger partial charge >= 0.3 is 0 Å². The van der Waals surface area contributed by atoms with Gasteiger partial charge in [-0.2, -0.15) is 0 Å². The highest BCUT2D eigenvalue weighted by molar-refractivity contribution is 5.38. The van der Waals surface area contributed by atoms with Gasteiger partial charge in [-0.25, -0.2) is 0 Å². The Morgan fingerprint density at radius 3 is 2.40 bits per heavy atom. The summed E-state index contributed by atoms with van der Waals surface area (Å²) < 4.78 is 0. The Morgan fingerprint density at radius 1 is 0.967 bits per heavy atom. The van der Waals surface area contributed by atoms with Crippen molar-refractivity contribution in [2.45, 2.75) is 105 Å². The van der Waals surface area contributed by atoms with Gasteiger partial charge in [0.25, 0.3) is 0 Å². The second kappa shape index (κ2) is 8.07. The molecule has 0 bridgehead atoms. The van der Waals surface area contributed by atoms with Crippen molar-refractivity contribution in [2.75, 3.05) is 0 Å². The molecule has 2 nitrogen and oxygen atoms in total. The van der Waals surface area contributed by atoms with Crippen molar-refractivity contribution in [2.24, 2.45) is 46.3 Å². The summed E-state index contributed by atoms with van der Waals surface area (Å²) in [6.45, 7) is 14.2. The maximum atomic E-state index is 10.8. The maximum absolute atomic E-state index is 10.8. The zero-order valence-electron chi connectivity index (χ0n) is 20.3. The van der Waals surface area contributed by atoms with Crippen molar-refractivity contribution < 1.29 is 10.2 Å². The second-order valence-corrected chi connectivity index (χ2v) is 12.4. The zero-order chi connectivity index (χ0) is 21.8. The summed E-state index contributed by atoms with van der Waals surface area (Å²) in [6.07, 6.45) is 13.8. The van der Waals surface area contributed by atoms with Crippen LogP contribution in [0.25, 0.3) is 0 Å². The smallest absolute Gasteiger partial charge is 0.0578 e. The minimum Gasteiger partial charge on any atom is -0.393 e. The molecule has 0 aromatic rings. The van der Waals surface area contributed by atoms with E-state index in [2.05, 4.69) is 53.7 Å². The van der Waals surface area contributed by atoms with E-state index in [-0.39, 0.29) is 17.6 Å². The van der Waals surface area contributed by atoms with E-state index >= 15 is 0 Å². The number of aliphatic hydroxyl groups excluding tert-OH is 2. The van der Waals surface area contributed by atoms with Crippen LogP contribution in [0.15, 0.2) is 23.3 Å². The van der Waals surface area contributed by atoms with E-state index < -0.39 is 0 Å². The van der Waals surface area contributed by atoms with Gasteiger partial charge in [-0.15, -0.1) is 0 Å². The van der Waals surface area contributed by atoms with Crippen molar-refractivity contribution in [3.63, 3.8) is 0 Å². The van der Waals surface area contributed by atoms with Gasteiger partial charge in [0.1, 0.15) is 0 Å². The highest BCUT2D eigenvalue weighted by Gasteiger charge is 2.57. The molecule has 2 heteroatoms. The van der Waals surface area contributed by atoms with E-state index in [1.54, 1.807) is 5.57 Å². The molecule has 170 valence electrons. The van der Waals surface area contributed by atoms with Crippen LogP contribution in [0, 0.1) is 46.3 Å². The summed E-state index contributed by atoms with van der Waals surface area (Å²) in [5.41, 5.74) is 3.90. The molecule has 0 amide bonds. The van der Waals surface area contributed by atoms with E-state index in [1.807, 2.05) is 0 Å². The van der Waals surface area contributed by atoms with E-state index in [0.29, 0.717) is 35.0 Å². The highest BCUT2D eigenvalue weighted by Crippen LogP contribution is 2.66. The van der Waals surface area contributed by atoms with Crippen LogP contribution < -0.4 is 0 Å². The molecule has 4 rings (SSSR count). The third kappa shape index (κ3) is 3.54. The van der Waals surface area contributed by atoms with Gasteiger partial charge in [0.15, 0.2) is 0 Å². The van der Waals surface area contributed by atoms with Crippen molar-refractivity contribution in [1.82, 2.24) is 0 Å². The monoisotopic (exact) mass is 414 g/mol. The Kier molecular flexibility index (Phi) is 6.08. The second-order valence-electron chi connectivity index (χ2n) is 12.4. The zero-order valence-corrected chi connectivity index (χ0v) is 20.3. The highest BCUT2D eigenvalue weighted by atomic mass is 16.3. The summed E-state index contributed by atoms with van der Waals surface area (Å²) in [4.78, 5) is 0.